The number of hydrogen-bond acceptors (Lipinski definition) is 6. The van der Waals surface area contributed by atoms with Crippen LogP contribution in [0.1, 0.15) is 64.4 Å². The number of nitro groups is 1. The predicted octanol–water partition coefficient (Wildman–Crippen LogP) is 6.87. The van der Waals surface area contributed by atoms with Gasteiger partial charge in [0.25, 0.3) is 5.69 Å². The summed E-state index contributed by atoms with van der Waals surface area (Å²) in [5.41, 5.74) is 2.48. The van der Waals surface area contributed by atoms with E-state index in [1.807, 2.05) is 24.3 Å². The van der Waals surface area contributed by atoms with E-state index in [1.54, 1.807) is 39.8 Å². The normalized spacial score (nSPS) is 13.1. The first-order valence-corrected chi connectivity index (χ1v) is 11.7. The van der Waals surface area contributed by atoms with Gasteiger partial charge in [-0.1, -0.05) is 26.0 Å². The van der Waals surface area contributed by atoms with E-state index < -0.39 is 18.3 Å². The van der Waals surface area contributed by atoms with Crippen LogP contribution in [-0.2, 0) is 13.6 Å². The molecule has 0 saturated heterocycles. The van der Waals surface area contributed by atoms with Crippen molar-refractivity contribution in [1.29, 1.82) is 0 Å². The number of nitro benzene ring substituents is 1. The molecule has 0 spiro atoms. The van der Waals surface area contributed by atoms with Crippen LogP contribution in [0.4, 0.5) is 11.4 Å². The molecule has 0 aromatic heterocycles. The molecule has 0 bridgehead atoms. The third kappa shape index (κ3) is 6.39. The summed E-state index contributed by atoms with van der Waals surface area (Å²) in [5.74, 6) is -0.433. The number of nitrogens with zero attached hydrogens (tertiary/aromatic N) is 1. The van der Waals surface area contributed by atoms with Gasteiger partial charge in [-0.15, -0.1) is 0 Å². The Morgan fingerprint density at radius 1 is 0.833 bits per heavy atom. The SMILES string of the molecule is CC(C)OP(=O)(OC(C)C)[C@H](Nc1ccc(C(C)C)cc1)c1ccc([N+](=O)[O-])cc1. The van der Waals surface area contributed by atoms with Crippen molar-refractivity contribution < 1.29 is 18.5 Å². The quantitative estimate of drug-likeness (QED) is 0.249. The molecule has 164 valence electrons. The van der Waals surface area contributed by atoms with Crippen molar-refractivity contribution in [2.24, 2.45) is 0 Å². The van der Waals surface area contributed by atoms with Crippen LogP contribution in [-0.4, -0.2) is 17.1 Å². The molecule has 1 atom stereocenters. The van der Waals surface area contributed by atoms with Crippen molar-refractivity contribution in [2.45, 2.75) is 65.5 Å². The Balaban J connectivity index is 2.49. The van der Waals surface area contributed by atoms with Crippen molar-refractivity contribution in [3.05, 3.63) is 69.8 Å². The molecule has 2 aromatic carbocycles. The summed E-state index contributed by atoms with van der Waals surface area (Å²) in [5, 5.41) is 14.3. The lowest BCUT2D eigenvalue weighted by Crippen LogP contribution is -2.19. The van der Waals surface area contributed by atoms with E-state index in [9.17, 15) is 14.7 Å². The number of nitrogens with one attached hydrogen (secondary N) is 1. The molecule has 0 amide bonds. The highest BCUT2D eigenvalue weighted by molar-refractivity contribution is 7.54. The van der Waals surface area contributed by atoms with Crippen molar-refractivity contribution >= 4 is 19.0 Å². The summed E-state index contributed by atoms with van der Waals surface area (Å²) >= 11 is 0. The maximum atomic E-state index is 13.9. The predicted molar refractivity (Wildman–Crippen MR) is 120 cm³/mol. The standard InChI is InChI=1S/C22H31N2O5P/c1-15(2)18-7-11-20(12-8-18)23-22(19-9-13-21(14-10-19)24(25)26)30(27,28-16(3)4)29-17(5)6/h7-17,22-23H,1-6H3/t22-/m0/s1. The Hall–Kier alpha value is -2.21. The molecule has 0 saturated carbocycles. The zero-order valence-electron chi connectivity index (χ0n) is 18.4. The average Bonchev–Trinajstić information content (AvgIpc) is 2.65. The molecule has 0 aliphatic carbocycles. The maximum absolute atomic E-state index is 13.9. The topological polar surface area (TPSA) is 90.7 Å². The lowest BCUT2D eigenvalue weighted by atomic mass is 10.0. The number of anilines is 1. The highest BCUT2D eigenvalue weighted by Gasteiger charge is 2.39. The molecule has 0 unspecified atom stereocenters. The van der Waals surface area contributed by atoms with Crippen molar-refractivity contribution in [3.63, 3.8) is 0 Å². The first kappa shape index (κ1) is 24.1. The summed E-state index contributed by atoms with van der Waals surface area (Å²) in [6, 6.07) is 13.8. The fourth-order valence-electron chi connectivity index (χ4n) is 2.98. The summed E-state index contributed by atoms with van der Waals surface area (Å²) in [6.07, 6.45) is -0.666. The molecule has 7 nitrogen and oxygen atoms in total. The second-order valence-corrected chi connectivity index (χ2v) is 10.0. The molecule has 0 fully saturated rings. The van der Waals surface area contributed by atoms with Crippen LogP contribution in [0.15, 0.2) is 48.5 Å². The Morgan fingerprint density at radius 2 is 1.30 bits per heavy atom. The third-order valence-corrected chi connectivity index (χ3v) is 6.82. The van der Waals surface area contributed by atoms with E-state index in [4.69, 9.17) is 9.05 Å². The molecule has 2 aromatic rings. The highest BCUT2D eigenvalue weighted by Crippen LogP contribution is 2.62. The molecule has 0 radical (unpaired) electrons. The van der Waals surface area contributed by atoms with E-state index >= 15 is 0 Å². The summed E-state index contributed by atoms with van der Waals surface area (Å²) < 4.78 is 25.5. The van der Waals surface area contributed by atoms with E-state index in [0.717, 1.165) is 5.69 Å². The molecule has 0 heterocycles. The fourth-order valence-corrected chi connectivity index (χ4v) is 5.29. The minimum Gasteiger partial charge on any atom is -0.368 e. The molecule has 8 heteroatoms. The van der Waals surface area contributed by atoms with Gasteiger partial charge < -0.3 is 14.4 Å². The van der Waals surface area contributed by atoms with E-state index in [2.05, 4.69) is 19.2 Å². The van der Waals surface area contributed by atoms with Crippen LogP contribution >= 0.6 is 7.60 Å². The van der Waals surface area contributed by atoms with Gasteiger partial charge in [0.05, 0.1) is 17.1 Å². The number of benzene rings is 2. The minimum absolute atomic E-state index is 0.0387. The Morgan fingerprint density at radius 3 is 1.70 bits per heavy atom. The van der Waals surface area contributed by atoms with Crippen LogP contribution in [0.3, 0.4) is 0 Å². The van der Waals surface area contributed by atoms with Crippen LogP contribution in [0.25, 0.3) is 0 Å². The number of non-ortho nitro benzene ring substituents is 1. The first-order chi connectivity index (χ1) is 14.0. The largest absolute Gasteiger partial charge is 0.368 e. The molecule has 2 rings (SSSR count). The van der Waals surface area contributed by atoms with Crippen LogP contribution in [0, 0.1) is 10.1 Å². The summed E-state index contributed by atoms with van der Waals surface area (Å²) in [7, 11) is -3.68. The molecule has 1 N–H and O–H groups in total. The number of hydrogen-bond donors (Lipinski definition) is 1. The molecule has 30 heavy (non-hydrogen) atoms. The van der Waals surface area contributed by atoms with Crippen molar-refractivity contribution in [1.82, 2.24) is 0 Å². The lowest BCUT2D eigenvalue weighted by Gasteiger charge is -2.31. The van der Waals surface area contributed by atoms with E-state index in [1.165, 1.54) is 17.7 Å². The molecule has 0 aliphatic rings. The van der Waals surface area contributed by atoms with Crippen LogP contribution in [0.5, 0.6) is 0 Å². The van der Waals surface area contributed by atoms with Gasteiger partial charge in [0.15, 0.2) is 5.78 Å². The van der Waals surface area contributed by atoms with Gasteiger partial charge in [-0.2, -0.15) is 0 Å². The van der Waals surface area contributed by atoms with Gasteiger partial charge in [0.2, 0.25) is 0 Å². The van der Waals surface area contributed by atoms with Gasteiger partial charge in [0.1, 0.15) is 0 Å². The van der Waals surface area contributed by atoms with Crippen LogP contribution < -0.4 is 5.32 Å². The summed E-state index contributed by atoms with van der Waals surface area (Å²) in [6.45, 7) is 11.4. The molecular formula is C22H31N2O5P. The maximum Gasteiger partial charge on any atom is 0.357 e. The second kappa shape index (κ2) is 10.2. The highest BCUT2D eigenvalue weighted by atomic mass is 31.2. The Labute approximate surface area is 178 Å². The third-order valence-electron chi connectivity index (χ3n) is 4.33. The lowest BCUT2D eigenvalue weighted by molar-refractivity contribution is -0.384. The van der Waals surface area contributed by atoms with Gasteiger partial charge in [-0.05, 0) is 69.0 Å². The molecular weight excluding hydrogens is 403 g/mol. The molecule has 0 aliphatic heterocycles. The monoisotopic (exact) mass is 434 g/mol. The first-order valence-electron chi connectivity index (χ1n) is 10.1. The zero-order valence-corrected chi connectivity index (χ0v) is 19.3. The second-order valence-electron chi connectivity index (χ2n) is 8.02. The van der Waals surface area contributed by atoms with E-state index in [0.29, 0.717) is 11.5 Å². The zero-order chi connectivity index (χ0) is 22.5. The van der Waals surface area contributed by atoms with Crippen LogP contribution in [0.2, 0.25) is 0 Å². The van der Waals surface area contributed by atoms with Gasteiger partial charge in [0, 0.05) is 17.8 Å². The number of rotatable bonds is 10. The van der Waals surface area contributed by atoms with Gasteiger partial charge in [-0.3, -0.25) is 14.7 Å². The van der Waals surface area contributed by atoms with E-state index in [-0.39, 0.29) is 17.9 Å². The fraction of sp³-hybridized carbons (Fsp3) is 0.455. The van der Waals surface area contributed by atoms with Crippen molar-refractivity contribution in [2.75, 3.05) is 5.32 Å². The average molecular weight is 434 g/mol. The van der Waals surface area contributed by atoms with Crippen molar-refractivity contribution in [3.8, 4) is 0 Å². The van der Waals surface area contributed by atoms with Gasteiger partial charge in [-0.25, -0.2) is 0 Å². The smallest absolute Gasteiger partial charge is 0.357 e. The van der Waals surface area contributed by atoms with Gasteiger partial charge >= 0.3 is 7.60 Å². The Bertz CT molecular complexity index is 865. The minimum atomic E-state index is -3.68. The summed E-state index contributed by atoms with van der Waals surface area (Å²) in [4.78, 5) is 10.6. The Kier molecular flexibility index (Phi) is 8.18.